The highest BCUT2D eigenvalue weighted by molar-refractivity contribution is 7.91. The lowest BCUT2D eigenvalue weighted by molar-refractivity contribution is -0.120. The van der Waals surface area contributed by atoms with Gasteiger partial charge >= 0.3 is 0 Å². The second-order valence-corrected chi connectivity index (χ2v) is 7.98. The Kier molecular flexibility index (Phi) is 5.50. The molecule has 0 saturated carbocycles. The fourth-order valence-corrected chi connectivity index (χ4v) is 4.03. The highest BCUT2D eigenvalue weighted by atomic mass is 32.2. The summed E-state index contributed by atoms with van der Waals surface area (Å²) in [5, 5.41) is 7.07. The maximum Gasteiger partial charge on any atom is 0.221 e. The smallest absolute Gasteiger partial charge is 0.221 e. The Morgan fingerprint density at radius 3 is 2.88 bits per heavy atom. The summed E-state index contributed by atoms with van der Waals surface area (Å²) < 4.78 is 31.5. The van der Waals surface area contributed by atoms with E-state index >= 15 is 0 Å². The van der Waals surface area contributed by atoms with Gasteiger partial charge in [0.1, 0.15) is 0 Å². The molecule has 0 atom stereocenters. The van der Waals surface area contributed by atoms with Gasteiger partial charge < -0.3 is 10.1 Å². The van der Waals surface area contributed by atoms with Crippen molar-refractivity contribution in [1.82, 2.24) is 15.1 Å². The minimum absolute atomic E-state index is 0.0533. The van der Waals surface area contributed by atoms with Crippen LogP contribution in [0.25, 0.3) is 0 Å². The van der Waals surface area contributed by atoms with Crippen LogP contribution in [0, 0.1) is 0 Å². The van der Waals surface area contributed by atoms with E-state index in [4.69, 9.17) is 4.74 Å². The molecule has 0 bridgehead atoms. The standard InChI is InChI=1S/C17H21N3O4S/c21-17(7-11-25(22,23)15-4-2-1-3-5-15)18-8-9-20-16-6-10-24-13-14(16)12-19-20/h1-5,12H,6-11,13H2,(H,18,21). The maximum atomic E-state index is 12.2. The Balaban J connectivity index is 1.45. The molecule has 1 aromatic heterocycles. The molecule has 7 nitrogen and oxygen atoms in total. The van der Waals surface area contributed by atoms with Crippen LogP contribution in [0.2, 0.25) is 0 Å². The minimum Gasteiger partial charge on any atom is -0.376 e. The van der Waals surface area contributed by atoms with Crippen LogP contribution in [0.15, 0.2) is 41.4 Å². The van der Waals surface area contributed by atoms with Crippen LogP contribution in [-0.4, -0.2) is 43.0 Å². The molecule has 0 aliphatic carbocycles. The van der Waals surface area contributed by atoms with Gasteiger partial charge in [-0.2, -0.15) is 5.10 Å². The van der Waals surface area contributed by atoms with Gasteiger partial charge in [0.2, 0.25) is 5.91 Å². The lowest BCUT2D eigenvalue weighted by Gasteiger charge is -2.14. The van der Waals surface area contributed by atoms with Crippen molar-refractivity contribution in [1.29, 1.82) is 0 Å². The SMILES string of the molecule is O=C(CCS(=O)(=O)c1ccccc1)NCCn1ncc2c1CCOC2. The molecule has 0 saturated heterocycles. The van der Waals surface area contributed by atoms with Crippen molar-refractivity contribution in [3.63, 3.8) is 0 Å². The Hall–Kier alpha value is -2.19. The van der Waals surface area contributed by atoms with Crippen molar-refractivity contribution in [3.8, 4) is 0 Å². The van der Waals surface area contributed by atoms with Gasteiger partial charge in [-0.3, -0.25) is 9.48 Å². The van der Waals surface area contributed by atoms with Crippen LogP contribution in [0.4, 0.5) is 0 Å². The molecule has 0 unspecified atom stereocenters. The summed E-state index contributed by atoms with van der Waals surface area (Å²) in [5.74, 6) is -0.471. The van der Waals surface area contributed by atoms with E-state index in [1.165, 1.54) is 12.1 Å². The van der Waals surface area contributed by atoms with E-state index in [0.29, 0.717) is 26.3 Å². The van der Waals surface area contributed by atoms with Crippen molar-refractivity contribution in [2.24, 2.45) is 0 Å². The number of sulfone groups is 1. The number of carbonyl (C=O) groups is 1. The molecule has 3 rings (SSSR count). The summed E-state index contributed by atoms with van der Waals surface area (Å²) in [6.07, 6.45) is 2.56. The van der Waals surface area contributed by atoms with Gasteiger partial charge in [0.05, 0.1) is 36.6 Å². The summed E-state index contributed by atoms with van der Waals surface area (Å²) in [7, 11) is -3.43. The monoisotopic (exact) mass is 363 g/mol. The summed E-state index contributed by atoms with van der Waals surface area (Å²) in [5.41, 5.74) is 2.23. The molecule has 2 aromatic rings. The molecule has 1 aliphatic rings. The average molecular weight is 363 g/mol. The van der Waals surface area contributed by atoms with Gasteiger partial charge in [-0.15, -0.1) is 0 Å². The van der Waals surface area contributed by atoms with Gasteiger partial charge in [-0.05, 0) is 12.1 Å². The molecular formula is C17H21N3O4S. The summed E-state index contributed by atoms with van der Waals surface area (Å²) in [6, 6.07) is 8.17. The molecule has 0 spiro atoms. The number of aromatic nitrogens is 2. The number of carbonyl (C=O) groups excluding carboxylic acids is 1. The van der Waals surface area contributed by atoms with Crippen LogP contribution in [-0.2, 0) is 38.9 Å². The van der Waals surface area contributed by atoms with E-state index in [1.54, 1.807) is 24.4 Å². The van der Waals surface area contributed by atoms with Crippen molar-refractivity contribution in [2.75, 3.05) is 18.9 Å². The van der Waals surface area contributed by atoms with Crippen molar-refractivity contribution in [2.45, 2.75) is 30.9 Å². The topological polar surface area (TPSA) is 90.3 Å². The average Bonchev–Trinajstić information content (AvgIpc) is 3.04. The number of amides is 1. The third-order valence-electron chi connectivity index (χ3n) is 4.12. The fraction of sp³-hybridized carbons (Fsp3) is 0.412. The molecule has 1 amide bonds. The maximum absolute atomic E-state index is 12.2. The summed E-state index contributed by atoms with van der Waals surface area (Å²) in [4.78, 5) is 12.2. The summed E-state index contributed by atoms with van der Waals surface area (Å²) in [6.45, 7) is 2.24. The molecule has 0 radical (unpaired) electrons. The van der Waals surface area contributed by atoms with E-state index in [1.807, 2.05) is 4.68 Å². The van der Waals surface area contributed by atoms with Crippen molar-refractivity contribution >= 4 is 15.7 Å². The molecule has 2 heterocycles. The molecule has 0 fully saturated rings. The Morgan fingerprint density at radius 1 is 1.28 bits per heavy atom. The fourth-order valence-electron chi connectivity index (χ4n) is 2.77. The van der Waals surface area contributed by atoms with Crippen LogP contribution >= 0.6 is 0 Å². The molecule has 1 aliphatic heterocycles. The Bertz CT molecular complexity index is 831. The number of nitrogens with zero attached hydrogens (tertiary/aromatic N) is 2. The van der Waals surface area contributed by atoms with Crippen LogP contribution in [0.3, 0.4) is 0 Å². The van der Waals surface area contributed by atoms with E-state index in [0.717, 1.165) is 17.7 Å². The van der Waals surface area contributed by atoms with Crippen LogP contribution < -0.4 is 5.32 Å². The molecule has 134 valence electrons. The lowest BCUT2D eigenvalue weighted by Crippen LogP contribution is -2.29. The van der Waals surface area contributed by atoms with Crippen molar-refractivity contribution in [3.05, 3.63) is 47.8 Å². The first-order valence-electron chi connectivity index (χ1n) is 8.22. The zero-order valence-corrected chi connectivity index (χ0v) is 14.7. The first-order chi connectivity index (χ1) is 12.1. The second-order valence-electron chi connectivity index (χ2n) is 5.87. The third-order valence-corrected chi connectivity index (χ3v) is 5.85. The molecule has 1 aromatic carbocycles. The Labute approximate surface area is 146 Å². The first kappa shape index (κ1) is 17.6. The number of fused-ring (bicyclic) bond motifs is 1. The number of ether oxygens (including phenoxy) is 1. The van der Waals surface area contributed by atoms with Crippen molar-refractivity contribution < 1.29 is 17.9 Å². The van der Waals surface area contributed by atoms with Crippen LogP contribution in [0.5, 0.6) is 0 Å². The van der Waals surface area contributed by atoms with E-state index < -0.39 is 9.84 Å². The lowest BCUT2D eigenvalue weighted by atomic mass is 10.2. The molecule has 8 heteroatoms. The van der Waals surface area contributed by atoms with E-state index in [2.05, 4.69) is 10.4 Å². The predicted octanol–water partition coefficient (Wildman–Crippen LogP) is 0.936. The molecule has 25 heavy (non-hydrogen) atoms. The number of benzene rings is 1. The second kappa shape index (κ2) is 7.79. The number of hydrogen-bond donors (Lipinski definition) is 1. The zero-order valence-electron chi connectivity index (χ0n) is 13.8. The largest absolute Gasteiger partial charge is 0.376 e. The summed E-state index contributed by atoms with van der Waals surface area (Å²) >= 11 is 0. The van der Waals surface area contributed by atoms with Gasteiger partial charge in [-0.1, -0.05) is 18.2 Å². The van der Waals surface area contributed by atoms with Gasteiger partial charge in [0.25, 0.3) is 0 Å². The minimum atomic E-state index is -3.43. The van der Waals surface area contributed by atoms with Gasteiger partial charge in [0, 0.05) is 30.6 Å². The number of rotatable bonds is 7. The van der Waals surface area contributed by atoms with E-state index in [-0.39, 0.29) is 23.0 Å². The normalized spacial score (nSPS) is 14.1. The zero-order chi connectivity index (χ0) is 17.7. The van der Waals surface area contributed by atoms with Crippen LogP contribution in [0.1, 0.15) is 17.7 Å². The highest BCUT2D eigenvalue weighted by Crippen LogP contribution is 2.15. The van der Waals surface area contributed by atoms with E-state index in [9.17, 15) is 13.2 Å². The van der Waals surface area contributed by atoms with Gasteiger partial charge in [0.15, 0.2) is 9.84 Å². The molecular weight excluding hydrogens is 342 g/mol. The first-order valence-corrected chi connectivity index (χ1v) is 9.87. The third kappa shape index (κ3) is 4.46. The number of nitrogens with one attached hydrogen (secondary N) is 1. The van der Waals surface area contributed by atoms with Gasteiger partial charge in [-0.25, -0.2) is 8.42 Å². The Morgan fingerprint density at radius 2 is 2.08 bits per heavy atom. The number of hydrogen-bond acceptors (Lipinski definition) is 5. The molecule has 1 N–H and O–H groups in total. The quantitative estimate of drug-likeness (QED) is 0.790. The highest BCUT2D eigenvalue weighted by Gasteiger charge is 2.17. The predicted molar refractivity (Wildman–Crippen MR) is 91.7 cm³/mol.